The molecule has 0 aromatic heterocycles. The van der Waals surface area contributed by atoms with Crippen molar-refractivity contribution in [3.8, 4) is 5.75 Å². The van der Waals surface area contributed by atoms with Gasteiger partial charge in [0.15, 0.2) is 0 Å². The number of carbonyl (C=O) groups excluding carboxylic acids is 1. The topological polar surface area (TPSA) is 76.5 Å². The van der Waals surface area contributed by atoms with Gasteiger partial charge in [0.2, 0.25) is 0 Å². The summed E-state index contributed by atoms with van der Waals surface area (Å²) in [5, 5.41) is 18.6. The summed E-state index contributed by atoms with van der Waals surface area (Å²) < 4.78 is 20.7. The third-order valence-electron chi connectivity index (χ3n) is 6.29. The Balaban J connectivity index is 1.64. The molecule has 34 heavy (non-hydrogen) atoms. The fourth-order valence-corrected chi connectivity index (χ4v) is 4.29. The van der Waals surface area contributed by atoms with Crippen LogP contribution in [0.25, 0.3) is 0 Å². The van der Waals surface area contributed by atoms with E-state index in [1.807, 2.05) is 9.80 Å². The van der Waals surface area contributed by atoms with E-state index >= 15 is 4.39 Å². The number of halogens is 1. The predicted octanol–water partition coefficient (Wildman–Crippen LogP) is 3.15. The Kier molecular flexibility index (Phi) is 9.68. The molecule has 0 bridgehead atoms. The fourth-order valence-electron chi connectivity index (χ4n) is 4.29. The van der Waals surface area contributed by atoms with Crippen LogP contribution in [0.4, 0.5) is 15.8 Å². The molecule has 186 valence electrons. The van der Waals surface area contributed by atoms with Gasteiger partial charge in [0.25, 0.3) is 5.91 Å². The summed E-state index contributed by atoms with van der Waals surface area (Å²) in [7, 11) is 1.63. The highest BCUT2D eigenvalue weighted by atomic mass is 19.1. The van der Waals surface area contributed by atoms with Crippen LogP contribution in [0.2, 0.25) is 0 Å². The maximum Gasteiger partial charge on any atom is 0.258 e. The summed E-state index contributed by atoms with van der Waals surface area (Å²) in [6, 6.07) is 12.0. The van der Waals surface area contributed by atoms with Gasteiger partial charge in [-0.3, -0.25) is 9.69 Å². The van der Waals surface area contributed by atoms with Crippen molar-refractivity contribution in [1.29, 1.82) is 0 Å². The second kappa shape index (κ2) is 12.7. The molecule has 8 heteroatoms. The normalized spacial score (nSPS) is 15.7. The van der Waals surface area contributed by atoms with Gasteiger partial charge in [-0.1, -0.05) is 13.3 Å². The van der Waals surface area contributed by atoms with E-state index in [-0.39, 0.29) is 31.0 Å². The minimum absolute atomic E-state index is 0.0224. The molecule has 1 fully saturated rings. The summed E-state index contributed by atoms with van der Waals surface area (Å²) in [4.78, 5) is 18.4. The van der Waals surface area contributed by atoms with Crippen LogP contribution >= 0.6 is 0 Å². The second-order valence-electron chi connectivity index (χ2n) is 8.60. The summed E-state index contributed by atoms with van der Waals surface area (Å²) in [5.74, 6) is 0.119. The molecule has 1 saturated heterocycles. The first-order chi connectivity index (χ1) is 16.5. The van der Waals surface area contributed by atoms with Crippen LogP contribution < -0.4 is 14.5 Å². The number of benzene rings is 2. The zero-order valence-electron chi connectivity index (χ0n) is 20.1. The van der Waals surface area contributed by atoms with Crippen molar-refractivity contribution in [2.24, 2.45) is 0 Å². The van der Waals surface area contributed by atoms with E-state index < -0.39 is 0 Å². The number of amides is 1. The number of unbranched alkanes of at least 4 members (excludes halogenated alkanes) is 1. The van der Waals surface area contributed by atoms with Gasteiger partial charge in [-0.2, -0.15) is 0 Å². The van der Waals surface area contributed by atoms with Crippen molar-refractivity contribution in [3.63, 3.8) is 0 Å². The minimum atomic E-state index is -0.381. The molecule has 7 nitrogen and oxygen atoms in total. The number of hydrogen-bond acceptors (Lipinski definition) is 6. The summed E-state index contributed by atoms with van der Waals surface area (Å²) in [5.41, 5.74) is 1.48. The number of nitrogens with zero attached hydrogens (tertiary/aromatic N) is 3. The van der Waals surface area contributed by atoms with Gasteiger partial charge in [0.05, 0.1) is 25.5 Å². The molecule has 1 unspecified atom stereocenters. The maximum absolute atomic E-state index is 15.1. The van der Waals surface area contributed by atoms with Crippen molar-refractivity contribution >= 4 is 17.3 Å². The largest absolute Gasteiger partial charge is 0.494 e. The van der Waals surface area contributed by atoms with Crippen LogP contribution in [0.1, 0.15) is 36.5 Å². The van der Waals surface area contributed by atoms with Crippen LogP contribution in [-0.4, -0.2) is 80.1 Å². The van der Waals surface area contributed by atoms with Gasteiger partial charge in [-0.25, -0.2) is 4.39 Å². The number of carbonyl (C=O) groups is 1. The molecule has 1 atom stereocenters. The third-order valence-corrected chi connectivity index (χ3v) is 6.29. The maximum atomic E-state index is 15.1. The monoisotopic (exact) mass is 473 g/mol. The Labute approximate surface area is 201 Å². The molecule has 0 saturated carbocycles. The molecular weight excluding hydrogens is 437 g/mol. The average Bonchev–Trinajstić information content (AvgIpc) is 3.33. The SMILES string of the molecule is CCCCOc1ccc(C(=O)N(C)c2ccc(N3CCC(N(CCO)CCO)C3)c(F)c2)cc1. The lowest BCUT2D eigenvalue weighted by Crippen LogP contribution is -2.41. The molecule has 1 aliphatic heterocycles. The number of anilines is 2. The highest BCUT2D eigenvalue weighted by Gasteiger charge is 2.29. The molecule has 1 heterocycles. The Hall–Kier alpha value is -2.68. The minimum Gasteiger partial charge on any atom is -0.494 e. The van der Waals surface area contributed by atoms with Gasteiger partial charge in [0.1, 0.15) is 11.6 Å². The highest BCUT2D eigenvalue weighted by molar-refractivity contribution is 6.05. The first-order valence-corrected chi connectivity index (χ1v) is 12.0. The van der Waals surface area contributed by atoms with E-state index in [1.54, 1.807) is 43.4 Å². The summed E-state index contributed by atoms with van der Waals surface area (Å²) in [6.45, 7) is 5.08. The number of ether oxygens (including phenoxy) is 1. The Morgan fingerprint density at radius 1 is 1.15 bits per heavy atom. The van der Waals surface area contributed by atoms with Crippen LogP contribution in [0.3, 0.4) is 0 Å². The lowest BCUT2D eigenvalue weighted by molar-refractivity contribution is 0.0993. The quantitative estimate of drug-likeness (QED) is 0.462. The van der Waals surface area contributed by atoms with E-state index in [0.29, 0.717) is 49.7 Å². The smallest absolute Gasteiger partial charge is 0.258 e. The van der Waals surface area contributed by atoms with Gasteiger partial charge in [-0.15, -0.1) is 0 Å². The zero-order valence-corrected chi connectivity index (χ0v) is 20.1. The van der Waals surface area contributed by atoms with Gasteiger partial charge >= 0.3 is 0 Å². The van der Waals surface area contributed by atoms with E-state index in [4.69, 9.17) is 4.74 Å². The van der Waals surface area contributed by atoms with Crippen LogP contribution in [0.5, 0.6) is 5.75 Å². The Morgan fingerprint density at radius 2 is 1.85 bits per heavy atom. The molecular formula is C26H36FN3O4. The average molecular weight is 474 g/mol. The molecule has 2 aromatic rings. The van der Waals surface area contributed by atoms with Crippen LogP contribution in [0.15, 0.2) is 42.5 Å². The van der Waals surface area contributed by atoms with Crippen LogP contribution in [-0.2, 0) is 0 Å². The predicted molar refractivity (Wildman–Crippen MR) is 132 cm³/mol. The zero-order chi connectivity index (χ0) is 24.5. The third kappa shape index (κ3) is 6.46. The first-order valence-electron chi connectivity index (χ1n) is 12.0. The van der Waals surface area contributed by atoms with Crippen molar-refractivity contribution in [2.45, 2.75) is 32.2 Å². The van der Waals surface area contributed by atoms with E-state index in [2.05, 4.69) is 6.92 Å². The lowest BCUT2D eigenvalue weighted by atomic mass is 10.1. The number of aliphatic hydroxyl groups is 2. The van der Waals surface area contributed by atoms with E-state index in [1.165, 1.54) is 11.0 Å². The highest BCUT2D eigenvalue weighted by Crippen LogP contribution is 2.29. The van der Waals surface area contributed by atoms with Crippen LogP contribution in [0, 0.1) is 5.82 Å². The standard InChI is InChI=1S/C26H36FN3O4/c1-3-4-17-34-23-8-5-20(6-9-23)26(33)28(2)21-7-10-25(24(27)18-21)30-12-11-22(19-30)29(13-15-31)14-16-32/h5-10,18,22,31-32H,3-4,11-17,19H2,1-2H3. The molecule has 0 aliphatic carbocycles. The van der Waals surface area contributed by atoms with Crippen molar-refractivity contribution in [2.75, 3.05) is 62.8 Å². The molecule has 0 radical (unpaired) electrons. The molecule has 3 rings (SSSR count). The first kappa shape index (κ1) is 25.9. The molecule has 1 amide bonds. The molecule has 2 aromatic carbocycles. The van der Waals surface area contributed by atoms with Gasteiger partial charge < -0.3 is 24.7 Å². The van der Waals surface area contributed by atoms with Crippen molar-refractivity contribution in [3.05, 3.63) is 53.8 Å². The number of rotatable bonds is 12. The Morgan fingerprint density at radius 3 is 2.47 bits per heavy atom. The summed E-state index contributed by atoms with van der Waals surface area (Å²) in [6.07, 6.45) is 2.87. The van der Waals surface area contributed by atoms with Crippen molar-refractivity contribution < 1.29 is 24.1 Å². The molecule has 1 aliphatic rings. The van der Waals surface area contributed by atoms with Gasteiger partial charge in [-0.05, 0) is 55.3 Å². The number of aliphatic hydroxyl groups excluding tert-OH is 2. The van der Waals surface area contributed by atoms with Crippen molar-refractivity contribution in [1.82, 2.24) is 4.90 Å². The summed E-state index contributed by atoms with van der Waals surface area (Å²) >= 11 is 0. The van der Waals surface area contributed by atoms with E-state index in [9.17, 15) is 15.0 Å². The lowest BCUT2D eigenvalue weighted by Gasteiger charge is -2.28. The number of hydrogen-bond donors (Lipinski definition) is 2. The van der Waals surface area contributed by atoms with Gasteiger partial charge in [0, 0.05) is 50.5 Å². The van der Waals surface area contributed by atoms with E-state index in [0.717, 1.165) is 25.0 Å². The fraction of sp³-hybridized carbons (Fsp3) is 0.500. The second-order valence-corrected chi connectivity index (χ2v) is 8.60. The molecule has 2 N–H and O–H groups in total. The molecule has 0 spiro atoms. The Bertz CT molecular complexity index is 919.